The highest BCUT2D eigenvalue weighted by Gasteiger charge is 2.08. The molecule has 0 aliphatic heterocycles. The molecule has 1 nitrogen and oxygen atoms in total. The van der Waals surface area contributed by atoms with Gasteiger partial charge in [0.1, 0.15) is 0 Å². The Hall–Kier alpha value is -1.06. The number of rotatable bonds is 4. The summed E-state index contributed by atoms with van der Waals surface area (Å²) in [6.07, 6.45) is 0. The fraction of sp³-hybridized carbons (Fsp3) is 0.214. The highest BCUT2D eigenvalue weighted by molar-refractivity contribution is 8.00. The Balaban J connectivity index is 1.97. The molecule has 3 heteroatoms. The topological polar surface area (TPSA) is 17.1 Å². The summed E-state index contributed by atoms with van der Waals surface area (Å²) in [6.45, 7) is 4.09. The maximum atomic E-state index is 11.9. The SMILES string of the molecule is Cc1cccc(SCC(=O)c2csc(C)c2)c1. The smallest absolute Gasteiger partial charge is 0.173 e. The van der Waals surface area contributed by atoms with Gasteiger partial charge in [0.15, 0.2) is 5.78 Å². The molecular formula is C14H14OS2. The molecule has 17 heavy (non-hydrogen) atoms. The van der Waals surface area contributed by atoms with Crippen molar-refractivity contribution in [3.63, 3.8) is 0 Å². The lowest BCUT2D eigenvalue weighted by Crippen LogP contribution is -2.00. The summed E-state index contributed by atoms with van der Waals surface area (Å²) in [5.74, 6) is 0.723. The lowest BCUT2D eigenvalue weighted by Gasteiger charge is -2.01. The van der Waals surface area contributed by atoms with Gasteiger partial charge in [-0.15, -0.1) is 23.1 Å². The van der Waals surface area contributed by atoms with Crippen molar-refractivity contribution in [3.05, 3.63) is 51.7 Å². The highest BCUT2D eigenvalue weighted by atomic mass is 32.2. The molecule has 0 amide bonds. The number of hydrogen-bond acceptors (Lipinski definition) is 3. The molecule has 0 spiro atoms. The van der Waals surface area contributed by atoms with Crippen molar-refractivity contribution in [3.8, 4) is 0 Å². The number of aryl methyl sites for hydroxylation is 2. The van der Waals surface area contributed by atoms with Gasteiger partial charge in [0.2, 0.25) is 0 Å². The molecule has 0 aliphatic carbocycles. The lowest BCUT2D eigenvalue weighted by atomic mass is 10.2. The quantitative estimate of drug-likeness (QED) is 0.602. The zero-order chi connectivity index (χ0) is 12.3. The molecule has 1 aromatic heterocycles. The Kier molecular flexibility index (Phi) is 4.02. The van der Waals surface area contributed by atoms with Crippen LogP contribution in [0.25, 0.3) is 0 Å². The van der Waals surface area contributed by atoms with Crippen LogP contribution in [-0.2, 0) is 0 Å². The molecular weight excluding hydrogens is 248 g/mol. The van der Waals surface area contributed by atoms with Gasteiger partial charge in [-0.1, -0.05) is 17.7 Å². The number of carbonyl (C=O) groups excluding carboxylic acids is 1. The van der Waals surface area contributed by atoms with Gasteiger partial charge in [-0.3, -0.25) is 4.79 Å². The van der Waals surface area contributed by atoms with E-state index in [1.54, 1.807) is 23.1 Å². The molecule has 2 rings (SSSR count). The van der Waals surface area contributed by atoms with Gasteiger partial charge < -0.3 is 0 Å². The molecule has 1 aromatic carbocycles. The molecule has 0 aliphatic rings. The van der Waals surface area contributed by atoms with Crippen LogP contribution in [0.5, 0.6) is 0 Å². The number of thioether (sulfide) groups is 1. The Morgan fingerprint density at radius 1 is 1.29 bits per heavy atom. The second kappa shape index (κ2) is 5.52. The van der Waals surface area contributed by atoms with E-state index in [0.29, 0.717) is 5.75 Å². The number of carbonyl (C=O) groups is 1. The average molecular weight is 262 g/mol. The van der Waals surface area contributed by atoms with E-state index in [9.17, 15) is 4.79 Å². The van der Waals surface area contributed by atoms with Crippen LogP contribution in [0.2, 0.25) is 0 Å². The van der Waals surface area contributed by atoms with E-state index in [1.807, 2.05) is 30.5 Å². The van der Waals surface area contributed by atoms with Crippen molar-refractivity contribution < 1.29 is 4.79 Å². The van der Waals surface area contributed by atoms with Crippen LogP contribution in [0.1, 0.15) is 20.8 Å². The fourth-order valence-electron chi connectivity index (χ4n) is 1.53. The van der Waals surface area contributed by atoms with Crippen molar-refractivity contribution in [2.45, 2.75) is 18.7 Å². The van der Waals surface area contributed by atoms with E-state index in [1.165, 1.54) is 10.4 Å². The molecule has 0 saturated heterocycles. The molecule has 0 radical (unpaired) electrons. The molecule has 0 atom stereocenters. The first-order valence-corrected chi connectivity index (χ1v) is 7.29. The normalized spacial score (nSPS) is 10.5. The Morgan fingerprint density at radius 2 is 2.12 bits per heavy atom. The second-order valence-electron chi connectivity index (χ2n) is 3.97. The minimum atomic E-state index is 0.209. The largest absolute Gasteiger partial charge is 0.293 e. The number of ketones is 1. The third kappa shape index (κ3) is 3.45. The average Bonchev–Trinajstić information content (AvgIpc) is 2.73. The minimum absolute atomic E-state index is 0.209. The van der Waals surface area contributed by atoms with Crippen LogP contribution in [0.3, 0.4) is 0 Å². The van der Waals surface area contributed by atoms with Gasteiger partial charge in [0.25, 0.3) is 0 Å². The summed E-state index contributed by atoms with van der Waals surface area (Å²) in [5, 5.41) is 1.94. The second-order valence-corrected chi connectivity index (χ2v) is 6.14. The van der Waals surface area contributed by atoms with Crippen LogP contribution in [0.4, 0.5) is 0 Å². The van der Waals surface area contributed by atoms with Crippen LogP contribution in [0.15, 0.2) is 40.6 Å². The first kappa shape index (κ1) is 12.4. The molecule has 2 aromatic rings. The maximum Gasteiger partial charge on any atom is 0.173 e. The number of Topliss-reactive ketones (excluding diaryl/α,β-unsaturated/α-hetero) is 1. The summed E-state index contributed by atoms with van der Waals surface area (Å²) < 4.78 is 0. The van der Waals surface area contributed by atoms with Gasteiger partial charge in [-0.2, -0.15) is 0 Å². The number of thiophene rings is 1. The zero-order valence-electron chi connectivity index (χ0n) is 9.90. The molecule has 88 valence electrons. The first-order chi connectivity index (χ1) is 8.15. The van der Waals surface area contributed by atoms with Crippen LogP contribution in [0, 0.1) is 13.8 Å². The molecule has 1 heterocycles. The van der Waals surface area contributed by atoms with E-state index in [4.69, 9.17) is 0 Å². The van der Waals surface area contributed by atoms with Crippen molar-refractivity contribution in [2.24, 2.45) is 0 Å². The lowest BCUT2D eigenvalue weighted by molar-refractivity contribution is 0.102. The first-order valence-electron chi connectivity index (χ1n) is 5.43. The van der Waals surface area contributed by atoms with Crippen LogP contribution >= 0.6 is 23.1 Å². The summed E-state index contributed by atoms with van der Waals surface area (Å²) >= 11 is 3.23. The highest BCUT2D eigenvalue weighted by Crippen LogP contribution is 2.21. The predicted octanol–water partition coefficient (Wildman–Crippen LogP) is 4.34. The van der Waals surface area contributed by atoms with Gasteiger partial charge >= 0.3 is 0 Å². The van der Waals surface area contributed by atoms with Gasteiger partial charge in [-0.05, 0) is 32.0 Å². The fourth-order valence-corrected chi connectivity index (χ4v) is 3.14. The van der Waals surface area contributed by atoms with Crippen LogP contribution < -0.4 is 0 Å². The van der Waals surface area contributed by atoms with Crippen molar-refractivity contribution in [1.29, 1.82) is 0 Å². The summed E-state index contributed by atoms with van der Waals surface area (Å²) in [7, 11) is 0. The van der Waals surface area contributed by atoms with Crippen molar-refractivity contribution in [1.82, 2.24) is 0 Å². The summed E-state index contributed by atoms with van der Waals surface area (Å²) in [4.78, 5) is 14.2. The molecule has 0 N–H and O–H groups in total. The van der Waals surface area contributed by atoms with E-state index >= 15 is 0 Å². The third-order valence-electron chi connectivity index (χ3n) is 2.41. The number of hydrogen-bond donors (Lipinski definition) is 0. The van der Waals surface area contributed by atoms with E-state index in [2.05, 4.69) is 19.1 Å². The molecule has 0 unspecified atom stereocenters. The zero-order valence-corrected chi connectivity index (χ0v) is 11.5. The standard InChI is InChI=1S/C14H14OS2/c1-10-4-3-5-13(6-10)17-9-14(15)12-7-11(2)16-8-12/h3-8H,9H2,1-2H3. The monoisotopic (exact) mass is 262 g/mol. The Labute approximate surface area is 110 Å². The molecule has 0 saturated carbocycles. The van der Waals surface area contributed by atoms with Crippen LogP contribution in [-0.4, -0.2) is 11.5 Å². The maximum absolute atomic E-state index is 11.9. The molecule has 0 bridgehead atoms. The number of benzene rings is 1. The predicted molar refractivity (Wildman–Crippen MR) is 75.3 cm³/mol. The van der Waals surface area contributed by atoms with E-state index in [-0.39, 0.29) is 5.78 Å². The van der Waals surface area contributed by atoms with E-state index in [0.717, 1.165) is 10.5 Å². The summed E-state index contributed by atoms with van der Waals surface area (Å²) in [5.41, 5.74) is 2.07. The third-order valence-corrected chi connectivity index (χ3v) is 4.27. The Bertz CT molecular complexity index is 529. The minimum Gasteiger partial charge on any atom is -0.293 e. The van der Waals surface area contributed by atoms with Gasteiger partial charge in [-0.25, -0.2) is 0 Å². The molecule has 0 fully saturated rings. The van der Waals surface area contributed by atoms with Crippen molar-refractivity contribution >= 4 is 28.9 Å². The van der Waals surface area contributed by atoms with E-state index < -0.39 is 0 Å². The van der Waals surface area contributed by atoms with Crippen molar-refractivity contribution in [2.75, 3.05) is 5.75 Å². The Morgan fingerprint density at radius 3 is 2.76 bits per heavy atom. The summed E-state index contributed by atoms with van der Waals surface area (Å²) in [6, 6.07) is 10.2. The van der Waals surface area contributed by atoms with Gasteiger partial charge in [0.05, 0.1) is 5.75 Å². The van der Waals surface area contributed by atoms with Gasteiger partial charge in [0, 0.05) is 20.7 Å².